The van der Waals surface area contributed by atoms with Gasteiger partial charge in [-0.05, 0) is 276 Å². The Morgan fingerprint density at radius 2 is 0.428 bits per heavy atom. The Kier molecular flexibility index (Phi) is 37.0. The summed E-state index contributed by atoms with van der Waals surface area (Å²) in [4.78, 5) is 0. The molecule has 0 spiro atoms. The second-order valence-corrected chi connectivity index (χ2v) is 35.0. The van der Waals surface area contributed by atoms with Crippen LogP contribution in [0.2, 0.25) is 0 Å². The summed E-state index contributed by atoms with van der Waals surface area (Å²) in [7, 11) is 0. The number of hydrogen-bond donors (Lipinski definition) is 0. The average molecular weight is 1930 g/mol. The van der Waals surface area contributed by atoms with Crippen LogP contribution in [0.3, 0.4) is 0 Å². The number of aryl methyl sites for hydroxylation is 4. The monoisotopic (exact) mass is 1930 g/mol. The Bertz CT molecular complexity index is 5870. The lowest BCUT2D eigenvalue weighted by atomic mass is 9.94. The maximum Gasteiger partial charge on any atom is 0.194 e. The highest BCUT2D eigenvalue weighted by molar-refractivity contribution is 5.67. The Morgan fingerprint density at radius 1 is 0.217 bits per heavy atom. The van der Waals surface area contributed by atoms with E-state index in [0.717, 1.165) is 135 Å². The van der Waals surface area contributed by atoms with Gasteiger partial charge < -0.3 is 37.9 Å². The zero-order chi connectivity index (χ0) is 98.4. The van der Waals surface area contributed by atoms with Crippen LogP contribution in [0.4, 0.5) is 87.8 Å². The van der Waals surface area contributed by atoms with E-state index in [1.165, 1.54) is 48.5 Å². The molecule has 12 aromatic rings. The van der Waals surface area contributed by atoms with Crippen molar-refractivity contribution in [3.8, 4) is 67.5 Å². The third kappa shape index (κ3) is 27.5. The van der Waals surface area contributed by atoms with E-state index in [1.807, 2.05) is 32.9 Å². The topological polar surface area (TPSA) is 73.8 Å². The van der Waals surface area contributed by atoms with Crippen molar-refractivity contribution in [2.24, 2.45) is 23.7 Å². The number of hydrogen-bond acceptors (Lipinski definition) is 8. The molecule has 138 heavy (non-hydrogen) atoms. The predicted octanol–water partition coefficient (Wildman–Crippen LogP) is 31.0. The zero-order valence-electron chi connectivity index (χ0n) is 76.3. The molecule has 8 unspecified atom stereocenters. The van der Waals surface area contributed by atoms with Crippen LogP contribution < -0.4 is 18.9 Å². The minimum absolute atomic E-state index is 0.00431. The Morgan fingerprint density at radius 3 is 0.623 bits per heavy atom. The molecule has 0 aliphatic carbocycles. The van der Waals surface area contributed by atoms with E-state index in [4.69, 9.17) is 37.9 Å². The Balaban J connectivity index is 0.000000155. The fraction of sp³-hybridized carbons (Fsp3) is 0.345. The Hall–Kier alpha value is -11.7. The van der Waals surface area contributed by atoms with E-state index >= 15 is 0 Å². The van der Waals surface area contributed by atoms with Crippen molar-refractivity contribution in [3.05, 3.63) is 355 Å². The molecule has 732 valence electrons. The molecule has 28 heteroatoms. The number of ether oxygens (including phenoxy) is 8. The minimum Gasteiger partial charge on any atom is -0.487 e. The summed E-state index contributed by atoms with van der Waals surface area (Å²) in [5.41, 5.74) is 9.22. The maximum atomic E-state index is 14.4. The molecule has 0 radical (unpaired) electrons. The lowest BCUT2D eigenvalue weighted by Crippen LogP contribution is -2.25. The number of unbranched alkanes of at least 4 members (excludes halogenated alkanes) is 3. The van der Waals surface area contributed by atoms with E-state index in [2.05, 4.69) is 6.92 Å². The van der Waals surface area contributed by atoms with Gasteiger partial charge in [0.05, 0.1) is 77.3 Å². The lowest BCUT2D eigenvalue weighted by Gasteiger charge is -2.29. The molecular weight excluding hydrogens is 1830 g/mol. The molecule has 4 aliphatic heterocycles. The van der Waals surface area contributed by atoms with Crippen LogP contribution >= 0.6 is 0 Å². The third-order valence-corrected chi connectivity index (χ3v) is 24.8. The van der Waals surface area contributed by atoms with E-state index in [9.17, 15) is 87.8 Å². The van der Waals surface area contributed by atoms with E-state index in [0.29, 0.717) is 122 Å². The number of rotatable bonds is 30. The van der Waals surface area contributed by atoms with Crippen LogP contribution in [0.15, 0.2) is 194 Å². The highest BCUT2D eigenvalue weighted by Crippen LogP contribution is 2.41. The van der Waals surface area contributed by atoms with E-state index < -0.39 is 116 Å². The highest BCUT2D eigenvalue weighted by Gasteiger charge is 2.32. The van der Waals surface area contributed by atoms with Crippen LogP contribution in [0.1, 0.15) is 187 Å². The van der Waals surface area contributed by atoms with Crippen LogP contribution in [0.5, 0.6) is 23.0 Å². The van der Waals surface area contributed by atoms with Gasteiger partial charge in [-0.1, -0.05) is 150 Å². The third-order valence-electron chi connectivity index (χ3n) is 24.8. The molecule has 4 heterocycles. The first-order chi connectivity index (χ1) is 66.4. The largest absolute Gasteiger partial charge is 0.487 e. The first-order valence-corrected chi connectivity index (χ1v) is 46.3. The number of benzene rings is 12. The van der Waals surface area contributed by atoms with Crippen molar-refractivity contribution >= 4 is 0 Å². The minimum atomic E-state index is -1.49. The van der Waals surface area contributed by atoms with Crippen LogP contribution in [-0.2, 0) is 44.6 Å². The van der Waals surface area contributed by atoms with Crippen LogP contribution in [-0.4, -0.2) is 52.9 Å². The highest BCUT2D eigenvalue weighted by atomic mass is 19.2. The van der Waals surface area contributed by atoms with Gasteiger partial charge in [-0.3, -0.25) is 0 Å². The molecule has 16 rings (SSSR count). The summed E-state index contributed by atoms with van der Waals surface area (Å²) in [6.07, 6.45) is 13.0. The molecule has 0 N–H and O–H groups in total. The smallest absolute Gasteiger partial charge is 0.194 e. The van der Waals surface area contributed by atoms with Gasteiger partial charge in [0.2, 0.25) is 0 Å². The molecule has 4 saturated heterocycles. The normalized spacial score (nSPS) is 18.1. The first kappa shape index (κ1) is 104. The van der Waals surface area contributed by atoms with E-state index in [1.54, 1.807) is 84.9 Å². The fourth-order valence-corrected chi connectivity index (χ4v) is 16.9. The number of halogens is 20. The fourth-order valence-electron chi connectivity index (χ4n) is 16.9. The van der Waals surface area contributed by atoms with Crippen molar-refractivity contribution in [2.45, 2.75) is 168 Å². The molecule has 8 nitrogen and oxygen atoms in total. The van der Waals surface area contributed by atoms with Crippen LogP contribution in [0, 0.1) is 140 Å². The Labute approximate surface area is 788 Å². The summed E-state index contributed by atoms with van der Waals surface area (Å²) in [6, 6.07) is 46.3. The maximum absolute atomic E-state index is 14.4. The van der Waals surface area contributed by atoms with E-state index in [-0.39, 0.29) is 120 Å². The second kappa shape index (κ2) is 49.2. The van der Waals surface area contributed by atoms with Crippen molar-refractivity contribution in [1.82, 2.24) is 0 Å². The van der Waals surface area contributed by atoms with Crippen molar-refractivity contribution in [1.29, 1.82) is 0 Å². The molecule has 12 aromatic carbocycles. The van der Waals surface area contributed by atoms with Gasteiger partial charge >= 0.3 is 0 Å². The van der Waals surface area contributed by atoms with Crippen LogP contribution in [0.25, 0.3) is 44.5 Å². The molecule has 4 aliphatic rings. The first-order valence-electron chi connectivity index (χ1n) is 46.3. The SMILES string of the molecule is CCCCCc1cc(F)c(OCC2CCC(c3ccc(-c4cc(F)c(F)c(F)c4)cc3)OC2)c(F)c1.CCCCc1cc(F)c(OCC2CCC(c3ccc(-c4cc(F)c(F)c(F)c4)cc3)OC2)c(F)c1.CCCc1cc(F)c(OCC2CCC(c3ccc(-c4cc(F)c(F)c(F)c4)cc3)OC2)c(F)c1.CCc1cc(F)c(OCC2CCC(c3ccc(-c4cc(F)c(F)c(F)c4)cc3)OC2)c(F)c1. The predicted molar refractivity (Wildman–Crippen MR) is 485 cm³/mol. The molecule has 0 aromatic heterocycles. The average Bonchev–Trinajstić information content (AvgIpc) is 0.907. The van der Waals surface area contributed by atoms with Crippen molar-refractivity contribution in [2.75, 3.05) is 52.9 Å². The van der Waals surface area contributed by atoms with Gasteiger partial charge in [-0.15, -0.1) is 0 Å². The van der Waals surface area contributed by atoms with Gasteiger partial charge in [0.25, 0.3) is 0 Å². The summed E-state index contributed by atoms with van der Waals surface area (Å²) < 4.78 is 321. The molecular formula is C110H104F20O8. The molecule has 0 amide bonds. The molecule has 8 atom stereocenters. The van der Waals surface area contributed by atoms with Gasteiger partial charge in [-0.2, -0.15) is 0 Å². The van der Waals surface area contributed by atoms with Gasteiger partial charge in [0, 0.05) is 23.7 Å². The molecule has 0 saturated carbocycles. The quantitative estimate of drug-likeness (QED) is 0.0250. The summed E-state index contributed by atoms with van der Waals surface area (Å²) >= 11 is 0. The van der Waals surface area contributed by atoms with Crippen molar-refractivity contribution in [3.63, 3.8) is 0 Å². The van der Waals surface area contributed by atoms with Gasteiger partial charge in [0.15, 0.2) is 139 Å². The second-order valence-electron chi connectivity index (χ2n) is 35.0. The van der Waals surface area contributed by atoms with Gasteiger partial charge in [0.1, 0.15) is 0 Å². The molecule has 4 fully saturated rings. The molecule has 0 bridgehead atoms. The van der Waals surface area contributed by atoms with Crippen molar-refractivity contribution < 1.29 is 126 Å². The summed E-state index contributed by atoms with van der Waals surface area (Å²) in [6.45, 7) is 9.95. The summed E-state index contributed by atoms with van der Waals surface area (Å²) in [5, 5.41) is 0. The van der Waals surface area contributed by atoms with Gasteiger partial charge in [-0.25, -0.2) is 87.8 Å². The summed E-state index contributed by atoms with van der Waals surface area (Å²) in [5.74, 6) is -22.8. The standard InChI is InChI=1S/C29H29F5O2.C28H27F5O2.C27H25F5O2.C26H23F5O2/c1-2-3-4-5-18-12-25(32)29(26(33)13-18)36-17-19-6-11-27(35-16-19)21-9-7-20(8-10-21)22-14-23(30)28(34)24(31)15-22;1-2-3-4-17-11-24(31)28(25(32)12-17)35-16-18-5-10-26(34-15-18)20-8-6-19(7-9-20)21-13-22(29)27(33)23(30)14-21;1-2-3-16-10-23(30)27(24(31)11-16)34-15-17-4-9-25(33-14-17)19-7-5-18(6-8-19)20-12-21(28)26(32)22(29)13-20;1-2-15-9-22(29)26(23(30)10-15)33-14-16-3-8-24(32-13-16)18-6-4-17(5-7-18)19-11-20(27)25(31)21(28)12-19/h7-10,12-15,19,27H,2-6,11,16-17H2,1H3;6-9,11-14,18,26H,2-5,10,15-16H2,1H3;5-8,10-13,17,25H,2-4,9,14-15H2,1H3;4-7,9-12,16,24H,2-3,8,13-14H2,1H3. The zero-order valence-corrected chi connectivity index (χ0v) is 76.3. The lowest BCUT2D eigenvalue weighted by molar-refractivity contribution is -0.0292.